The quantitative estimate of drug-likeness (QED) is 0.356. The van der Waals surface area contributed by atoms with Gasteiger partial charge in [0.05, 0.1) is 6.61 Å². The summed E-state index contributed by atoms with van der Waals surface area (Å²) in [5.74, 6) is -0.0266. The lowest BCUT2D eigenvalue weighted by Crippen LogP contribution is -2.65. The number of benzene rings is 1. The molecule has 1 aromatic heterocycles. The number of rotatable bonds is 8. The SMILES string of the molecule is CCCCCC(=O)N[C@H]1[C@H](Oc2ccc3c(C)cc(=O)oc3c2)O[C@H](CO)[C@@H](O)[C@@H]1O. The van der Waals surface area contributed by atoms with Gasteiger partial charge >= 0.3 is 5.63 Å². The lowest BCUT2D eigenvalue weighted by atomic mass is 9.96. The van der Waals surface area contributed by atoms with Gasteiger partial charge in [-0.2, -0.15) is 0 Å². The number of hydrogen-bond donors (Lipinski definition) is 4. The molecule has 0 bridgehead atoms. The molecule has 5 atom stereocenters. The Labute approximate surface area is 179 Å². The summed E-state index contributed by atoms with van der Waals surface area (Å²) in [6, 6.07) is 5.20. The van der Waals surface area contributed by atoms with Crippen molar-refractivity contribution in [3.05, 3.63) is 40.2 Å². The molecule has 4 N–H and O–H groups in total. The molecule has 1 amide bonds. The Morgan fingerprint density at radius 2 is 1.97 bits per heavy atom. The summed E-state index contributed by atoms with van der Waals surface area (Å²) in [7, 11) is 0. The number of fused-ring (bicyclic) bond motifs is 1. The van der Waals surface area contributed by atoms with Gasteiger partial charge in [0.15, 0.2) is 0 Å². The van der Waals surface area contributed by atoms with Gasteiger partial charge in [0, 0.05) is 23.9 Å². The summed E-state index contributed by atoms with van der Waals surface area (Å²) in [6.07, 6.45) is -2.26. The molecule has 3 rings (SSSR count). The monoisotopic (exact) mass is 435 g/mol. The van der Waals surface area contributed by atoms with Crippen LogP contribution in [0.2, 0.25) is 0 Å². The van der Waals surface area contributed by atoms with E-state index in [0.717, 1.165) is 23.8 Å². The highest BCUT2D eigenvalue weighted by molar-refractivity contribution is 5.81. The van der Waals surface area contributed by atoms with Crippen LogP contribution in [-0.4, -0.2) is 58.5 Å². The number of hydrogen-bond acceptors (Lipinski definition) is 8. The summed E-state index contributed by atoms with van der Waals surface area (Å²) in [4.78, 5) is 24.0. The Morgan fingerprint density at radius 3 is 2.68 bits per heavy atom. The van der Waals surface area contributed by atoms with Gasteiger partial charge in [0.1, 0.15) is 35.7 Å². The number of unbranched alkanes of at least 4 members (excludes halogenated alkanes) is 2. The smallest absolute Gasteiger partial charge is 0.336 e. The largest absolute Gasteiger partial charge is 0.462 e. The molecule has 9 heteroatoms. The molecule has 2 aromatic rings. The second-order valence-corrected chi connectivity index (χ2v) is 7.78. The maximum atomic E-state index is 12.3. The number of ether oxygens (including phenoxy) is 2. The second kappa shape index (κ2) is 10.2. The Hall–Kier alpha value is -2.46. The minimum absolute atomic E-state index is 0.268. The van der Waals surface area contributed by atoms with Crippen molar-refractivity contribution in [3.63, 3.8) is 0 Å². The van der Waals surface area contributed by atoms with Crippen molar-refractivity contribution in [3.8, 4) is 5.75 Å². The van der Waals surface area contributed by atoms with Gasteiger partial charge in [0.25, 0.3) is 0 Å². The average Bonchev–Trinajstić information content (AvgIpc) is 2.73. The Bertz CT molecular complexity index is 958. The van der Waals surface area contributed by atoms with Crippen molar-refractivity contribution in [2.45, 2.75) is 70.2 Å². The molecule has 0 radical (unpaired) electrons. The summed E-state index contributed by atoms with van der Waals surface area (Å²) < 4.78 is 16.7. The molecule has 0 spiro atoms. The van der Waals surface area contributed by atoms with Crippen LogP contribution < -0.4 is 15.7 Å². The first-order valence-corrected chi connectivity index (χ1v) is 10.5. The van der Waals surface area contributed by atoms with Crippen molar-refractivity contribution in [2.24, 2.45) is 0 Å². The third kappa shape index (κ3) is 5.43. The fraction of sp³-hybridized carbons (Fsp3) is 0.545. The minimum Gasteiger partial charge on any atom is -0.462 e. The van der Waals surface area contributed by atoms with E-state index in [1.54, 1.807) is 19.1 Å². The molecule has 31 heavy (non-hydrogen) atoms. The third-order valence-electron chi connectivity index (χ3n) is 5.39. The topological polar surface area (TPSA) is 138 Å². The molecule has 1 fully saturated rings. The van der Waals surface area contributed by atoms with E-state index in [4.69, 9.17) is 13.9 Å². The highest BCUT2D eigenvalue weighted by Gasteiger charge is 2.46. The number of aryl methyl sites for hydroxylation is 1. The first-order valence-electron chi connectivity index (χ1n) is 10.5. The molecule has 1 aromatic carbocycles. The predicted molar refractivity (Wildman–Crippen MR) is 112 cm³/mol. The van der Waals surface area contributed by atoms with E-state index >= 15 is 0 Å². The predicted octanol–water partition coefficient (Wildman–Crippen LogP) is 0.984. The van der Waals surface area contributed by atoms with E-state index in [2.05, 4.69) is 5.32 Å². The van der Waals surface area contributed by atoms with E-state index in [1.807, 2.05) is 6.92 Å². The number of aliphatic hydroxyl groups is 3. The lowest BCUT2D eigenvalue weighted by Gasteiger charge is -2.42. The van der Waals surface area contributed by atoms with Crippen LogP contribution in [0, 0.1) is 6.92 Å². The molecule has 2 heterocycles. The maximum absolute atomic E-state index is 12.3. The van der Waals surface area contributed by atoms with Crippen LogP contribution in [0.3, 0.4) is 0 Å². The van der Waals surface area contributed by atoms with E-state index in [9.17, 15) is 24.9 Å². The van der Waals surface area contributed by atoms with Crippen LogP contribution in [0.4, 0.5) is 0 Å². The van der Waals surface area contributed by atoms with Crippen LogP contribution in [0.25, 0.3) is 11.0 Å². The van der Waals surface area contributed by atoms with Crippen molar-refractivity contribution in [1.29, 1.82) is 0 Å². The van der Waals surface area contributed by atoms with Crippen LogP contribution in [-0.2, 0) is 9.53 Å². The number of aliphatic hydroxyl groups excluding tert-OH is 3. The number of amides is 1. The molecule has 1 aliphatic rings. The van der Waals surface area contributed by atoms with Gasteiger partial charge < -0.3 is 34.5 Å². The average molecular weight is 435 g/mol. The van der Waals surface area contributed by atoms with E-state index in [-0.39, 0.29) is 18.1 Å². The molecule has 0 aliphatic carbocycles. The first kappa shape index (κ1) is 23.2. The zero-order valence-corrected chi connectivity index (χ0v) is 17.6. The van der Waals surface area contributed by atoms with Gasteiger partial charge in [-0.15, -0.1) is 0 Å². The van der Waals surface area contributed by atoms with Crippen molar-refractivity contribution in [1.82, 2.24) is 5.32 Å². The van der Waals surface area contributed by atoms with Crippen LogP contribution in [0.5, 0.6) is 5.75 Å². The van der Waals surface area contributed by atoms with Crippen molar-refractivity contribution >= 4 is 16.9 Å². The van der Waals surface area contributed by atoms with Crippen molar-refractivity contribution < 1.29 is 34.0 Å². The molecule has 170 valence electrons. The van der Waals surface area contributed by atoms with Crippen molar-refractivity contribution in [2.75, 3.05) is 6.61 Å². The summed E-state index contributed by atoms with van der Waals surface area (Å²) in [5, 5.41) is 33.7. The van der Waals surface area contributed by atoms with E-state index in [1.165, 1.54) is 12.1 Å². The Morgan fingerprint density at radius 1 is 1.19 bits per heavy atom. The standard InChI is InChI=1S/C22H29NO8/c1-3-4-5-6-17(25)23-19-21(28)20(27)16(11-24)31-22(19)29-13-7-8-14-12(2)9-18(26)30-15(14)10-13/h7-10,16,19-22,24,27-28H,3-6,11H2,1-2H3,(H,23,25)/t16-,19-,20-,21-,22-/m1/s1. The lowest BCUT2D eigenvalue weighted by molar-refractivity contribution is -0.244. The fourth-order valence-electron chi connectivity index (χ4n) is 3.64. The second-order valence-electron chi connectivity index (χ2n) is 7.78. The maximum Gasteiger partial charge on any atom is 0.336 e. The van der Waals surface area contributed by atoms with Gasteiger partial charge in [-0.1, -0.05) is 19.8 Å². The van der Waals surface area contributed by atoms with Crippen LogP contribution in [0.1, 0.15) is 38.2 Å². The molecule has 0 saturated carbocycles. The zero-order valence-electron chi connectivity index (χ0n) is 17.6. The van der Waals surface area contributed by atoms with Gasteiger partial charge in [-0.25, -0.2) is 4.79 Å². The number of nitrogens with one attached hydrogen (secondary N) is 1. The fourth-order valence-corrected chi connectivity index (χ4v) is 3.64. The first-order chi connectivity index (χ1) is 14.8. The summed E-state index contributed by atoms with van der Waals surface area (Å²) in [6.45, 7) is 3.28. The molecule has 1 saturated heterocycles. The highest BCUT2D eigenvalue weighted by atomic mass is 16.7. The molecule has 1 aliphatic heterocycles. The Balaban J connectivity index is 1.83. The third-order valence-corrected chi connectivity index (χ3v) is 5.39. The van der Waals surface area contributed by atoms with Gasteiger partial charge in [-0.05, 0) is 31.0 Å². The van der Waals surface area contributed by atoms with Gasteiger partial charge in [0.2, 0.25) is 12.2 Å². The zero-order chi connectivity index (χ0) is 22.5. The van der Waals surface area contributed by atoms with Gasteiger partial charge in [-0.3, -0.25) is 4.79 Å². The van der Waals surface area contributed by atoms with Crippen LogP contribution in [0.15, 0.2) is 33.5 Å². The van der Waals surface area contributed by atoms with Crippen LogP contribution >= 0.6 is 0 Å². The highest BCUT2D eigenvalue weighted by Crippen LogP contribution is 2.27. The normalized spacial score (nSPS) is 26.0. The number of carbonyl (C=O) groups is 1. The van der Waals surface area contributed by atoms with E-state index in [0.29, 0.717) is 12.0 Å². The molecule has 9 nitrogen and oxygen atoms in total. The molecular formula is C22H29NO8. The molecular weight excluding hydrogens is 406 g/mol. The summed E-state index contributed by atoms with van der Waals surface area (Å²) in [5.41, 5.74) is 0.577. The Kier molecular flexibility index (Phi) is 7.66. The number of carbonyl (C=O) groups excluding carboxylic acids is 1. The van der Waals surface area contributed by atoms with E-state index < -0.39 is 42.9 Å². The molecule has 0 unspecified atom stereocenters. The summed E-state index contributed by atoms with van der Waals surface area (Å²) >= 11 is 0. The minimum atomic E-state index is -1.41.